The molecule has 0 fully saturated rings. The highest BCUT2D eigenvalue weighted by Crippen LogP contribution is 2.23. The Morgan fingerprint density at radius 1 is 1.21 bits per heavy atom. The molecule has 1 amide bonds. The van der Waals surface area contributed by atoms with Crippen molar-refractivity contribution in [3.63, 3.8) is 0 Å². The van der Waals surface area contributed by atoms with E-state index in [9.17, 15) is 4.79 Å². The van der Waals surface area contributed by atoms with Crippen molar-refractivity contribution < 1.29 is 4.79 Å². The lowest BCUT2D eigenvalue weighted by Gasteiger charge is -2.04. The zero-order chi connectivity index (χ0) is 17.4. The summed E-state index contributed by atoms with van der Waals surface area (Å²) >= 11 is 1.53. The normalized spacial score (nSPS) is 12.7. The molecule has 3 aromatic rings. The van der Waals surface area contributed by atoms with Crippen LogP contribution in [0.5, 0.6) is 0 Å². The lowest BCUT2D eigenvalue weighted by molar-refractivity contribution is 0.0992. The zero-order valence-electron chi connectivity index (χ0n) is 14.6. The first-order chi connectivity index (χ1) is 11.4. The monoisotopic (exact) mass is 342 g/mol. The van der Waals surface area contributed by atoms with Crippen LogP contribution in [0.4, 0.5) is 0 Å². The first kappa shape index (κ1) is 16.6. The van der Waals surface area contributed by atoms with Gasteiger partial charge in [-0.25, -0.2) is 0 Å². The van der Waals surface area contributed by atoms with Crippen molar-refractivity contribution in [3.05, 3.63) is 46.5 Å². The summed E-state index contributed by atoms with van der Waals surface area (Å²) in [6.07, 6.45) is 1.81. The minimum absolute atomic E-state index is 0.224. The van der Waals surface area contributed by atoms with Crippen molar-refractivity contribution >= 4 is 27.5 Å². The van der Waals surface area contributed by atoms with E-state index in [-0.39, 0.29) is 11.9 Å². The highest BCUT2D eigenvalue weighted by Gasteiger charge is 2.12. The van der Waals surface area contributed by atoms with Crippen LogP contribution in [0.3, 0.4) is 0 Å². The average molecular weight is 342 g/mol. The third-order valence-electron chi connectivity index (χ3n) is 4.05. The molecule has 1 aromatic carbocycles. The maximum Gasteiger partial charge on any atom is 0.300 e. The van der Waals surface area contributed by atoms with E-state index in [2.05, 4.69) is 42.1 Å². The molecule has 0 aliphatic carbocycles. The lowest BCUT2D eigenvalue weighted by Crippen LogP contribution is -2.14. The van der Waals surface area contributed by atoms with Gasteiger partial charge in [-0.3, -0.25) is 9.48 Å². The number of nitrogens with zero attached hydrogens (tertiary/aromatic N) is 4. The molecular formula is C18H22N4OS. The predicted molar refractivity (Wildman–Crippen MR) is 97.4 cm³/mol. The third kappa shape index (κ3) is 3.06. The van der Waals surface area contributed by atoms with Crippen molar-refractivity contribution in [2.24, 2.45) is 12.0 Å². The molecule has 3 rings (SSSR count). The van der Waals surface area contributed by atoms with E-state index in [0.717, 1.165) is 10.2 Å². The fraction of sp³-hybridized carbons (Fsp3) is 0.389. The van der Waals surface area contributed by atoms with Crippen molar-refractivity contribution in [1.29, 1.82) is 0 Å². The van der Waals surface area contributed by atoms with Gasteiger partial charge in [0.15, 0.2) is 10.5 Å². The highest BCUT2D eigenvalue weighted by molar-refractivity contribution is 7.16. The Labute approximate surface area is 145 Å². The molecule has 0 bridgehead atoms. The van der Waals surface area contributed by atoms with E-state index in [4.69, 9.17) is 0 Å². The topological polar surface area (TPSA) is 52.2 Å². The van der Waals surface area contributed by atoms with Gasteiger partial charge >= 0.3 is 0 Å². The summed E-state index contributed by atoms with van der Waals surface area (Å²) in [6, 6.07) is 8.35. The molecule has 6 heteroatoms. The number of rotatable bonds is 3. The molecule has 0 saturated carbocycles. The summed E-state index contributed by atoms with van der Waals surface area (Å²) < 4.78 is 4.87. The number of carbonyl (C=O) groups is 1. The number of aromatic nitrogens is 3. The minimum atomic E-state index is -0.305. The van der Waals surface area contributed by atoms with E-state index in [0.29, 0.717) is 16.4 Å². The standard InChI is InChI=1S/C18H22N4OS/c1-11(2)13-6-7-15-16(10-13)24-18(21(15)5)19-17(23)14-8-9-22(20-14)12(3)4/h6-12H,1-5H3. The smallest absolute Gasteiger partial charge is 0.300 e. The number of hydrogen-bond donors (Lipinski definition) is 0. The number of amides is 1. The first-order valence-electron chi connectivity index (χ1n) is 8.10. The van der Waals surface area contributed by atoms with Crippen LogP contribution in [-0.2, 0) is 7.05 Å². The van der Waals surface area contributed by atoms with Crippen LogP contribution in [0.2, 0.25) is 0 Å². The van der Waals surface area contributed by atoms with E-state index < -0.39 is 0 Å². The molecule has 126 valence electrons. The van der Waals surface area contributed by atoms with Gasteiger partial charge in [0.25, 0.3) is 5.91 Å². The van der Waals surface area contributed by atoms with Gasteiger partial charge in [-0.1, -0.05) is 31.3 Å². The zero-order valence-corrected chi connectivity index (χ0v) is 15.5. The van der Waals surface area contributed by atoms with Crippen molar-refractivity contribution in [3.8, 4) is 0 Å². The van der Waals surface area contributed by atoms with Crippen LogP contribution >= 0.6 is 11.3 Å². The Bertz CT molecular complexity index is 959. The molecule has 2 heterocycles. The van der Waals surface area contributed by atoms with Gasteiger partial charge in [0, 0.05) is 19.3 Å². The van der Waals surface area contributed by atoms with Crippen molar-refractivity contribution in [1.82, 2.24) is 14.3 Å². The van der Waals surface area contributed by atoms with Crippen LogP contribution in [0, 0.1) is 0 Å². The second kappa shape index (κ2) is 6.36. The van der Waals surface area contributed by atoms with Gasteiger partial charge in [-0.15, -0.1) is 0 Å². The minimum Gasteiger partial charge on any atom is -0.319 e. The molecule has 0 aliphatic rings. The molecule has 24 heavy (non-hydrogen) atoms. The van der Waals surface area contributed by atoms with Gasteiger partial charge in [0.1, 0.15) is 0 Å². The number of thiazole rings is 1. The number of aryl methyl sites for hydroxylation is 1. The molecule has 0 atom stereocenters. The summed E-state index contributed by atoms with van der Waals surface area (Å²) in [7, 11) is 1.94. The second-order valence-electron chi connectivity index (χ2n) is 6.52. The molecule has 2 aromatic heterocycles. The predicted octanol–water partition coefficient (Wildman–Crippen LogP) is 3.88. The molecule has 0 unspecified atom stereocenters. The average Bonchev–Trinajstić information content (AvgIpc) is 3.13. The fourth-order valence-electron chi connectivity index (χ4n) is 2.50. The Kier molecular flexibility index (Phi) is 4.41. The largest absolute Gasteiger partial charge is 0.319 e. The van der Waals surface area contributed by atoms with Crippen LogP contribution in [0.15, 0.2) is 35.5 Å². The highest BCUT2D eigenvalue weighted by atomic mass is 32.1. The fourth-order valence-corrected chi connectivity index (χ4v) is 3.57. The Hall–Kier alpha value is -2.21. The van der Waals surface area contributed by atoms with Gasteiger partial charge in [-0.2, -0.15) is 10.1 Å². The summed E-state index contributed by atoms with van der Waals surface area (Å²) in [5.74, 6) is 0.171. The Morgan fingerprint density at radius 2 is 1.96 bits per heavy atom. The summed E-state index contributed by atoms with van der Waals surface area (Å²) in [5, 5.41) is 4.30. The summed E-state index contributed by atoms with van der Waals surface area (Å²) in [5.41, 5.74) is 2.76. The van der Waals surface area contributed by atoms with Gasteiger partial charge in [0.2, 0.25) is 0 Å². The molecule has 0 aliphatic heterocycles. The van der Waals surface area contributed by atoms with Crippen LogP contribution in [0.25, 0.3) is 10.2 Å². The lowest BCUT2D eigenvalue weighted by atomic mass is 10.0. The molecular weight excluding hydrogens is 320 g/mol. The summed E-state index contributed by atoms with van der Waals surface area (Å²) in [4.78, 5) is 17.4. The van der Waals surface area contributed by atoms with Crippen LogP contribution in [0.1, 0.15) is 55.7 Å². The Morgan fingerprint density at radius 3 is 2.58 bits per heavy atom. The molecule has 0 N–H and O–H groups in total. The Balaban J connectivity index is 2.02. The quantitative estimate of drug-likeness (QED) is 0.725. The van der Waals surface area contributed by atoms with Gasteiger partial charge in [0.05, 0.1) is 10.2 Å². The maximum atomic E-state index is 12.4. The van der Waals surface area contributed by atoms with Gasteiger partial charge in [-0.05, 0) is 43.5 Å². The number of benzene rings is 1. The van der Waals surface area contributed by atoms with Crippen molar-refractivity contribution in [2.45, 2.75) is 39.7 Å². The maximum absolute atomic E-state index is 12.4. The van der Waals surface area contributed by atoms with E-state index in [1.165, 1.54) is 16.9 Å². The first-order valence-corrected chi connectivity index (χ1v) is 8.92. The number of fused-ring (bicyclic) bond motifs is 1. The molecule has 0 spiro atoms. The van der Waals surface area contributed by atoms with Crippen LogP contribution < -0.4 is 4.80 Å². The number of carbonyl (C=O) groups excluding carboxylic acids is 1. The number of hydrogen-bond acceptors (Lipinski definition) is 3. The molecule has 5 nitrogen and oxygen atoms in total. The molecule has 0 radical (unpaired) electrons. The van der Waals surface area contributed by atoms with E-state index >= 15 is 0 Å². The van der Waals surface area contributed by atoms with E-state index in [1.807, 2.05) is 31.7 Å². The SMILES string of the molecule is CC(C)c1ccc2c(c1)sc(=NC(=O)c1ccn(C(C)C)n1)n2C. The van der Waals surface area contributed by atoms with E-state index in [1.54, 1.807) is 10.7 Å². The summed E-state index contributed by atoms with van der Waals surface area (Å²) in [6.45, 7) is 8.40. The third-order valence-corrected chi connectivity index (χ3v) is 5.15. The molecule has 0 saturated heterocycles. The van der Waals surface area contributed by atoms with Crippen molar-refractivity contribution in [2.75, 3.05) is 0 Å². The second-order valence-corrected chi connectivity index (χ2v) is 7.53. The van der Waals surface area contributed by atoms with Gasteiger partial charge < -0.3 is 4.57 Å². The van der Waals surface area contributed by atoms with Crippen LogP contribution in [-0.4, -0.2) is 20.3 Å².